The van der Waals surface area contributed by atoms with E-state index in [4.69, 9.17) is 0 Å². The van der Waals surface area contributed by atoms with Crippen molar-refractivity contribution in [1.29, 1.82) is 0 Å². The number of hydrogen-bond donors (Lipinski definition) is 0. The van der Waals surface area contributed by atoms with Crippen molar-refractivity contribution in [3.63, 3.8) is 0 Å². The van der Waals surface area contributed by atoms with Crippen LogP contribution in [-0.4, -0.2) is 23.0 Å². The Bertz CT molecular complexity index is 469. The summed E-state index contributed by atoms with van der Waals surface area (Å²) >= 11 is 0. The van der Waals surface area contributed by atoms with Gasteiger partial charge in [0.15, 0.2) is 0 Å². The van der Waals surface area contributed by atoms with E-state index < -0.39 is 0 Å². The number of rotatable bonds is 4. The average Bonchev–Trinajstić information content (AvgIpc) is 2.65. The molecule has 0 saturated carbocycles. The quantitative estimate of drug-likeness (QED) is 0.604. The van der Waals surface area contributed by atoms with E-state index in [1.54, 1.807) is 30.5 Å². The smallest absolute Gasteiger partial charge is 0.267 e. The lowest BCUT2D eigenvalue weighted by atomic mass is 10.1. The molecule has 4 nitrogen and oxygen atoms in total. The van der Waals surface area contributed by atoms with Gasteiger partial charge in [0.2, 0.25) is 0 Å². The third kappa shape index (κ3) is 2.06. The highest BCUT2D eigenvalue weighted by atomic mass is 16.2. The zero-order valence-electron chi connectivity index (χ0n) is 10.6. The molecule has 1 heterocycles. The molecule has 0 atom stereocenters. The number of hydrogen-bond acceptors (Lipinski definition) is 3. The van der Waals surface area contributed by atoms with Crippen molar-refractivity contribution in [2.75, 3.05) is 0 Å². The van der Waals surface area contributed by atoms with E-state index in [9.17, 15) is 9.59 Å². The second kappa shape index (κ2) is 5.12. The van der Waals surface area contributed by atoms with Gasteiger partial charge in [0.05, 0.1) is 11.1 Å². The molecule has 0 saturated heterocycles. The summed E-state index contributed by atoms with van der Waals surface area (Å²) in [6.07, 6.45) is 3.59. The third-order valence-corrected chi connectivity index (χ3v) is 3.21. The molecule has 2 amide bonds. The monoisotopic (exact) mass is 244 g/mol. The van der Waals surface area contributed by atoms with Crippen molar-refractivity contribution in [3.8, 4) is 0 Å². The fourth-order valence-electron chi connectivity index (χ4n) is 1.94. The van der Waals surface area contributed by atoms with Crippen LogP contribution in [0.3, 0.4) is 0 Å². The van der Waals surface area contributed by atoms with Gasteiger partial charge in [0, 0.05) is 6.21 Å². The van der Waals surface area contributed by atoms with Crippen molar-refractivity contribution in [3.05, 3.63) is 35.4 Å². The first-order chi connectivity index (χ1) is 8.69. The summed E-state index contributed by atoms with van der Waals surface area (Å²) < 4.78 is 0. The molecule has 1 aliphatic rings. The van der Waals surface area contributed by atoms with Crippen molar-refractivity contribution < 1.29 is 9.59 Å². The predicted molar refractivity (Wildman–Crippen MR) is 69.5 cm³/mol. The highest BCUT2D eigenvalue weighted by Crippen LogP contribution is 2.22. The third-order valence-electron chi connectivity index (χ3n) is 3.21. The predicted octanol–water partition coefficient (Wildman–Crippen LogP) is 2.70. The maximum atomic E-state index is 12.0. The minimum absolute atomic E-state index is 0.300. The molecule has 0 aliphatic carbocycles. The number of hydrazone groups is 1. The van der Waals surface area contributed by atoms with Crippen LogP contribution in [-0.2, 0) is 0 Å². The molecular weight excluding hydrogens is 228 g/mol. The molecule has 1 aromatic carbocycles. The maximum Gasteiger partial charge on any atom is 0.282 e. The molecule has 0 unspecified atom stereocenters. The number of amides is 2. The summed E-state index contributed by atoms with van der Waals surface area (Å²) in [4.78, 5) is 24.0. The molecule has 0 N–H and O–H groups in total. The Morgan fingerprint density at radius 2 is 1.61 bits per heavy atom. The van der Waals surface area contributed by atoms with Gasteiger partial charge in [-0.15, -0.1) is 0 Å². The molecular formula is C14H16N2O2. The van der Waals surface area contributed by atoms with Gasteiger partial charge in [-0.25, -0.2) is 0 Å². The first-order valence-corrected chi connectivity index (χ1v) is 6.21. The van der Waals surface area contributed by atoms with Crippen molar-refractivity contribution in [2.24, 2.45) is 11.0 Å². The first-order valence-electron chi connectivity index (χ1n) is 6.21. The van der Waals surface area contributed by atoms with Gasteiger partial charge in [-0.1, -0.05) is 26.0 Å². The van der Waals surface area contributed by atoms with Crippen LogP contribution in [0.15, 0.2) is 29.4 Å². The Kier molecular flexibility index (Phi) is 3.55. The van der Waals surface area contributed by atoms with Gasteiger partial charge in [0.25, 0.3) is 11.8 Å². The molecule has 1 aliphatic heterocycles. The lowest BCUT2D eigenvalue weighted by Gasteiger charge is -2.09. The summed E-state index contributed by atoms with van der Waals surface area (Å²) in [5.74, 6) is -0.370. The minimum atomic E-state index is -0.335. The summed E-state index contributed by atoms with van der Waals surface area (Å²) in [6.45, 7) is 4.12. The van der Waals surface area contributed by atoms with E-state index in [0.29, 0.717) is 17.0 Å². The van der Waals surface area contributed by atoms with E-state index in [0.717, 1.165) is 17.9 Å². The van der Waals surface area contributed by atoms with E-state index in [1.165, 1.54) is 0 Å². The van der Waals surface area contributed by atoms with Crippen LogP contribution >= 0.6 is 0 Å². The van der Waals surface area contributed by atoms with Crippen LogP contribution in [0.4, 0.5) is 0 Å². The second-order valence-electron chi connectivity index (χ2n) is 4.31. The normalized spacial score (nSPS) is 14.9. The standard InChI is InChI=1S/C14H16N2O2/c1-3-10(4-2)9-15-16-13(17)11-7-5-6-8-12(11)14(16)18/h5-10H,3-4H2,1-2H3/b15-9+. The molecule has 18 heavy (non-hydrogen) atoms. The van der Waals surface area contributed by atoms with Gasteiger partial charge in [-0.3, -0.25) is 9.59 Å². The lowest BCUT2D eigenvalue weighted by Crippen LogP contribution is -2.24. The summed E-state index contributed by atoms with van der Waals surface area (Å²) in [6, 6.07) is 6.81. The Hall–Kier alpha value is -1.97. The summed E-state index contributed by atoms with van der Waals surface area (Å²) in [5.41, 5.74) is 0.869. The van der Waals surface area contributed by atoms with E-state index in [-0.39, 0.29) is 11.8 Å². The van der Waals surface area contributed by atoms with Crippen molar-refractivity contribution in [1.82, 2.24) is 5.01 Å². The number of imide groups is 1. The first kappa shape index (κ1) is 12.5. The zero-order valence-corrected chi connectivity index (χ0v) is 10.6. The molecule has 0 bridgehead atoms. The number of carbonyl (C=O) groups excluding carboxylic acids is 2. The Balaban J connectivity index is 2.24. The molecule has 0 aromatic heterocycles. The van der Waals surface area contributed by atoms with Gasteiger partial charge >= 0.3 is 0 Å². The Labute approximate surface area is 106 Å². The number of fused-ring (bicyclic) bond motifs is 1. The van der Waals surface area contributed by atoms with Crippen molar-refractivity contribution >= 4 is 18.0 Å². The second-order valence-corrected chi connectivity index (χ2v) is 4.31. The van der Waals surface area contributed by atoms with Gasteiger partial charge in [-0.2, -0.15) is 10.1 Å². The van der Waals surface area contributed by atoms with Crippen LogP contribution in [0, 0.1) is 5.92 Å². The number of carbonyl (C=O) groups is 2. The van der Waals surface area contributed by atoms with Crippen LogP contribution in [0.2, 0.25) is 0 Å². The molecule has 2 rings (SSSR count). The lowest BCUT2D eigenvalue weighted by molar-refractivity contribution is 0.0659. The molecule has 4 heteroatoms. The highest BCUT2D eigenvalue weighted by Gasteiger charge is 2.35. The SMILES string of the molecule is CCC(/C=N/N1C(=O)c2ccccc2C1=O)CC. The van der Waals surface area contributed by atoms with E-state index >= 15 is 0 Å². The average molecular weight is 244 g/mol. The topological polar surface area (TPSA) is 49.7 Å². The fraction of sp³-hybridized carbons (Fsp3) is 0.357. The molecule has 0 fully saturated rings. The fourth-order valence-corrected chi connectivity index (χ4v) is 1.94. The van der Waals surface area contributed by atoms with Crippen molar-refractivity contribution in [2.45, 2.75) is 26.7 Å². The van der Waals surface area contributed by atoms with E-state index in [1.807, 2.05) is 0 Å². The van der Waals surface area contributed by atoms with Crippen LogP contribution < -0.4 is 0 Å². The van der Waals surface area contributed by atoms with Crippen LogP contribution in [0.1, 0.15) is 47.4 Å². The summed E-state index contributed by atoms with van der Waals surface area (Å²) in [7, 11) is 0. The Morgan fingerprint density at radius 1 is 1.11 bits per heavy atom. The minimum Gasteiger partial charge on any atom is -0.267 e. The number of nitrogens with zero attached hydrogens (tertiary/aromatic N) is 2. The van der Waals surface area contributed by atoms with Crippen LogP contribution in [0.5, 0.6) is 0 Å². The molecule has 0 spiro atoms. The Morgan fingerprint density at radius 3 is 2.06 bits per heavy atom. The molecule has 0 radical (unpaired) electrons. The zero-order chi connectivity index (χ0) is 13.1. The molecule has 94 valence electrons. The van der Waals surface area contributed by atoms with Gasteiger partial charge in [0.1, 0.15) is 0 Å². The largest absolute Gasteiger partial charge is 0.282 e. The van der Waals surface area contributed by atoms with Gasteiger partial charge < -0.3 is 0 Å². The van der Waals surface area contributed by atoms with Crippen LogP contribution in [0.25, 0.3) is 0 Å². The maximum absolute atomic E-state index is 12.0. The van der Waals surface area contributed by atoms with Gasteiger partial charge in [-0.05, 0) is 30.9 Å². The highest BCUT2D eigenvalue weighted by molar-refractivity contribution is 6.21. The number of benzene rings is 1. The molecule has 1 aromatic rings. The summed E-state index contributed by atoms with van der Waals surface area (Å²) in [5, 5.41) is 5.01. The van der Waals surface area contributed by atoms with E-state index in [2.05, 4.69) is 18.9 Å².